The monoisotopic (exact) mass is 437 g/mol. The van der Waals surface area contributed by atoms with Crippen molar-refractivity contribution in [2.24, 2.45) is 0 Å². The quantitative estimate of drug-likeness (QED) is 0.651. The van der Waals surface area contributed by atoms with Crippen LogP contribution in [0, 0.1) is 6.92 Å². The third kappa shape index (κ3) is 4.62. The number of aromatic nitrogens is 1. The van der Waals surface area contributed by atoms with E-state index in [0.717, 1.165) is 12.8 Å². The molecule has 1 N–H and O–H groups in total. The summed E-state index contributed by atoms with van der Waals surface area (Å²) < 4.78 is 42.5. The van der Waals surface area contributed by atoms with Crippen molar-refractivity contribution >= 4 is 27.7 Å². The molecule has 1 aliphatic rings. The average Bonchev–Trinajstić information content (AvgIpc) is 3.39. The van der Waals surface area contributed by atoms with E-state index >= 15 is 0 Å². The fraction of sp³-hybridized carbons (Fsp3) is 0.421. The number of rotatable bonds is 7. The van der Waals surface area contributed by atoms with Crippen LogP contribution in [0.5, 0.6) is 5.75 Å². The minimum Gasteiger partial charge on any atom is -0.495 e. The van der Waals surface area contributed by atoms with Crippen molar-refractivity contribution in [2.45, 2.75) is 37.7 Å². The van der Waals surface area contributed by atoms with Crippen molar-refractivity contribution in [3.05, 3.63) is 35.6 Å². The molecule has 2 heterocycles. The number of carbonyl (C=O) groups is 2. The lowest BCUT2D eigenvalue weighted by Crippen LogP contribution is -2.30. The second kappa shape index (κ2) is 8.84. The largest absolute Gasteiger partial charge is 0.495 e. The van der Waals surface area contributed by atoms with Gasteiger partial charge in [-0.05, 0) is 44.9 Å². The van der Waals surface area contributed by atoms with Gasteiger partial charge in [-0.3, -0.25) is 4.79 Å². The number of aryl methyl sites for hydroxylation is 1. The second-order valence-corrected chi connectivity index (χ2v) is 8.74. The van der Waals surface area contributed by atoms with Crippen LogP contribution in [0.3, 0.4) is 0 Å². The zero-order valence-electron chi connectivity index (χ0n) is 16.9. The predicted octanol–water partition coefficient (Wildman–Crippen LogP) is 1.96. The van der Waals surface area contributed by atoms with Crippen LogP contribution in [0.25, 0.3) is 0 Å². The fourth-order valence-electron chi connectivity index (χ4n) is 3.01. The highest BCUT2D eigenvalue weighted by molar-refractivity contribution is 7.89. The molecule has 1 atom stereocenters. The van der Waals surface area contributed by atoms with Crippen molar-refractivity contribution in [3.63, 3.8) is 0 Å². The molecule has 3 rings (SSSR count). The highest BCUT2D eigenvalue weighted by atomic mass is 32.2. The maximum absolute atomic E-state index is 12.9. The predicted molar refractivity (Wildman–Crippen MR) is 106 cm³/mol. The van der Waals surface area contributed by atoms with Gasteiger partial charge in [0, 0.05) is 19.2 Å². The van der Waals surface area contributed by atoms with Gasteiger partial charge in [-0.15, -0.1) is 0 Å². The number of benzene rings is 1. The highest BCUT2D eigenvalue weighted by Crippen LogP contribution is 2.30. The first-order valence-electron chi connectivity index (χ1n) is 9.35. The van der Waals surface area contributed by atoms with Crippen molar-refractivity contribution in [1.29, 1.82) is 0 Å². The Morgan fingerprint density at radius 2 is 1.93 bits per heavy atom. The number of methoxy groups -OCH3 is 1. The lowest BCUT2D eigenvalue weighted by Gasteiger charge is -2.18. The number of nitrogens with zero attached hydrogens (tertiary/aromatic N) is 2. The Kier molecular flexibility index (Phi) is 6.42. The zero-order valence-corrected chi connectivity index (χ0v) is 17.7. The van der Waals surface area contributed by atoms with Gasteiger partial charge in [0.1, 0.15) is 16.4 Å². The second-order valence-electron chi connectivity index (χ2n) is 6.84. The molecule has 0 bridgehead atoms. The Morgan fingerprint density at radius 3 is 2.53 bits per heavy atom. The summed E-state index contributed by atoms with van der Waals surface area (Å²) in [6.45, 7) is 3.90. The van der Waals surface area contributed by atoms with Gasteiger partial charge in [0.2, 0.25) is 10.0 Å². The van der Waals surface area contributed by atoms with Gasteiger partial charge in [0.05, 0.1) is 12.7 Å². The Bertz CT molecular complexity index is 1040. The number of nitrogens with one attached hydrogen (secondary N) is 1. The van der Waals surface area contributed by atoms with Crippen molar-refractivity contribution in [1.82, 2.24) is 9.46 Å². The number of hydrogen-bond acceptors (Lipinski definition) is 8. The summed E-state index contributed by atoms with van der Waals surface area (Å²) in [6, 6.07) is 5.50. The van der Waals surface area contributed by atoms with Crippen molar-refractivity contribution in [3.8, 4) is 5.75 Å². The van der Waals surface area contributed by atoms with Gasteiger partial charge in [-0.2, -0.15) is 4.31 Å². The summed E-state index contributed by atoms with van der Waals surface area (Å²) in [5.74, 6) is -0.598. The van der Waals surface area contributed by atoms with Crippen LogP contribution in [0.15, 0.2) is 33.7 Å². The van der Waals surface area contributed by atoms with Crippen LogP contribution in [-0.2, 0) is 19.6 Å². The van der Waals surface area contributed by atoms with Crippen LogP contribution in [0.4, 0.5) is 5.82 Å². The Hall–Kier alpha value is -2.92. The summed E-state index contributed by atoms with van der Waals surface area (Å²) in [4.78, 5) is 24.6. The minimum absolute atomic E-state index is 0.00879. The first-order valence-corrected chi connectivity index (χ1v) is 10.8. The molecular formula is C19H23N3O7S. The van der Waals surface area contributed by atoms with Crippen LogP contribution < -0.4 is 10.1 Å². The molecular weight excluding hydrogens is 414 g/mol. The zero-order chi connectivity index (χ0) is 21.9. The number of esters is 1. The molecule has 0 radical (unpaired) electrons. The summed E-state index contributed by atoms with van der Waals surface area (Å²) in [5.41, 5.74) is -0.00879. The molecule has 1 amide bonds. The Labute approximate surface area is 174 Å². The van der Waals surface area contributed by atoms with E-state index in [1.165, 1.54) is 42.6 Å². The van der Waals surface area contributed by atoms with E-state index in [0.29, 0.717) is 18.8 Å². The van der Waals surface area contributed by atoms with Crippen LogP contribution >= 0.6 is 0 Å². The summed E-state index contributed by atoms with van der Waals surface area (Å²) in [5, 5.41) is 6.10. The standard InChI is InChI=1S/C19H23N3O7S/c1-12-10-17(21-29-12)20-18(23)13(2)28-19(24)14-6-7-15(27-3)16(11-14)30(25,26)22-8-4-5-9-22/h6-7,10-11,13H,4-5,8-9H2,1-3H3,(H,20,21,23)/t13-/m1/s1. The summed E-state index contributed by atoms with van der Waals surface area (Å²) in [6.07, 6.45) is 0.414. The molecule has 1 aliphatic heterocycles. The summed E-state index contributed by atoms with van der Waals surface area (Å²) in [7, 11) is -2.46. The maximum Gasteiger partial charge on any atom is 0.338 e. The number of carbonyl (C=O) groups excluding carboxylic acids is 2. The molecule has 1 aromatic carbocycles. The number of anilines is 1. The van der Waals surface area contributed by atoms with Crippen molar-refractivity contribution < 1.29 is 32.0 Å². The van der Waals surface area contributed by atoms with E-state index in [4.69, 9.17) is 14.0 Å². The molecule has 0 saturated carbocycles. The molecule has 1 fully saturated rings. The van der Waals surface area contributed by atoms with Crippen LogP contribution in [0.2, 0.25) is 0 Å². The molecule has 1 saturated heterocycles. The smallest absolute Gasteiger partial charge is 0.338 e. The van der Waals surface area contributed by atoms with E-state index in [9.17, 15) is 18.0 Å². The van der Waals surface area contributed by atoms with E-state index < -0.39 is 28.0 Å². The highest BCUT2D eigenvalue weighted by Gasteiger charge is 2.31. The molecule has 0 aliphatic carbocycles. The lowest BCUT2D eigenvalue weighted by molar-refractivity contribution is -0.123. The van der Waals surface area contributed by atoms with Crippen molar-refractivity contribution in [2.75, 3.05) is 25.5 Å². The molecule has 2 aromatic rings. The maximum atomic E-state index is 12.9. The number of sulfonamides is 1. The van der Waals surface area contributed by atoms with Gasteiger partial charge < -0.3 is 19.3 Å². The first kappa shape index (κ1) is 21.8. The topological polar surface area (TPSA) is 128 Å². The third-order valence-corrected chi connectivity index (χ3v) is 6.53. The van der Waals surface area contributed by atoms with Crippen LogP contribution in [-0.4, -0.2) is 56.1 Å². The normalized spacial score (nSPS) is 15.6. The molecule has 1 aromatic heterocycles. The van der Waals surface area contributed by atoms with Gasteiger partial charge in [0.15, 0.2) is 11.9 Å². The molecule has 0 unspecified atom stereocenters. The number of amides is 1. The first-order chi connectivity index (χ1) is 14.2. The van der Waals surface area contributed by atoms with E-state index in [2.05, 4.69) is 10.5 Å². The van der Waals surface area contributed by atoms with Crippen LogP contribution in [0.1, 0.15) is 35.9 Å². The number of ether oxygens (including phenoxy) is 2. The van der Waals surface area contributed by atoms with Gasteiger partial charge in [-0.1, -0.05) is 5.16 Å². The average molecular weight is 437 g/mol. The fourth-order valence-corrected chi connectivity index (χ4v) is 4.71. The molecule has 0 spiro atoms. The molecule has 162 valence electrons. The van der Waals surface area contributed by atoms with Gasteiger partial charge in [0.25, 0.3) is 5.91 Å². The molecule has 11 heteroatoms. The van der Waals surface area contributed by atoms with Gasteiger partial charge in [-0.25, -0.2) is 13.2 Å². The molecule has 10 nitrogen and oxygen atoms in total. The molecule has 30 heavy (non-hydrogen) atoms. The van der Waals surface area contributed by atoms with E-state index in [-0.39, 0.29) is 22.0 Å². The lowest BCUT2D eigenvalue weighted by atomic mass is 10.2. The summed E-state index contributed by atoms with van der Waals surface area (Å²) >= 11 is 0. The number of hydrogen-bond donors (Lipinski definition) is 1. The minimum atomic E-state index is -3.82. The Morgan fingerprint density at radius 1 is 1.23 bits per heavy atom. The van der Waals surface area contributed by atoms with E-state index in [1.807, 2.05) is 0 Å². The third-order valence-electron chi connectivity index (χ3n) is 4.61. The Balaban J connectivity index is 1.76. The van der Waals surface area contributed by atoms with E-state index in [1.54, 1.807) is 6.92 Å². The SMILES string of the molecule is COc1ccc(C(=O)O[C@H](C)C(=O)Nc2cc(C)on2)cc1S(=O)(=O)N1CCCC1. The van der Waals surface area contributed by atoms with Gasteiger partial charge >= 0.3 is 5.97 Å².